The summed E-state index contributed by atoms with van der Waals surface area (Å²) in [6, 6.07) is 12.0. The van der Waals surface area contributed by atoms with Crippen LogP contribution in [0.1, 0.15) is 12.0 Å². The normalized spacial score (nSPS) is 11.5. The molecule has 2 rings (SSSR count). The number of benzene rings is 2. The molecule has 0 radical (unpaired) electrons. The molecule has 0 unspecified atom stereocenters. The van der Waals surface area contributed by atoms with Gasteiger partial charge >= 0.3 is 0 Å². The zero-order chi connectivity index (χ0) is 19.2. The summed E-state index contributed by atoms with van der Waals surface area (Å²) in [6.07, 6.45) is -0.0155. The van der Waals surface area contributed by atoms with Crippen molar-refractivity contribution in [3.8, 4) is 0 Å². The Labute approximate surface area is 153 Å². The summed E-state index contributed by atoms with van der Waals surface area (Å²) in [7, 11) is 0.146. The molecule has 0 aromatic heterocycles. The molecule has 8 heteroatoms. The lowest BCUT2D eigenvalue weighted by Crippen LogP contribution is -2.27. The van der Waals surface area contributed by atoms with Gasteiger partial charge in [0.05, 0.1) is 4.90 Å². The second kappa shape index (κ2) is 8.88. The molecule has 140 valence electrons. The summed E-state index contributed by atoms with van der Waals surface area (Å²) in [5.41, 5.74) is 1.72. The van der Waals surface area contributed by atoms with E-state index in [0.29, 0.717) is 5.69 Å². The van der Waals surface area contributed by atoms with Crippen LogP contribution in [0, 0.1) is 5.82 Å². The van der Waals surface area contributed by atoms with Crippen molar-refractivity contribution in [1.29, 1.82) is 0 Å². The van der Waals surface area contributed by atoms with Crippen LogP contribution in [0.15, 0.2) is 53.4 Å². The van der Waals surface area contributed by atoms with Crippen molar-refractivity contribution in [3.05, 3.63) is 59.9 Å². The highest BCUT2D eigenvalue weighted by molar-refractivity contribution is 7.89. The summed E-state index contributed by atoms with van der Waals surface area (Å²) in [6.45, 7) is 0.699. The molecule has 0 saturated carbocycles. The molecule has 0 atom stereocenters. The topological polar surface area (TPSA) is 78.5 Å². The fraction of sp³-hybridized carbons (Fsp3) is 0.278. The van der Waals surface area contributed by atoms with E-state index in [1.54, 1.807) is 6.07 Å². The van der Waals surface area contributed by atoms with Crippen molar-refractivity contribution in [1.82, 2.24) is 9.62 Å². The Morgan fingerprint density at radius 2 is 1.81 bits per heavy atom. The summed E-state index contributed by atoms with van der Waals surface area (Å²) in [5.74, 6) is -0.811. The van der Waals surface area contributed by atoms with Gasteiger partial charge in [0, 0.05) is 25.2 Å². The van der Waals surface area contributed by atoms with Crippen molar-refractivity contribution in [3.63, 3.8) is 0 Å². The summed E-state index contributed by atoms with van der Waals surface area (Å²) < 4.78 is 39.3. The minimum absolute atomic E-state index is 0.0155. The Bertz CT molecular complexity index is 852. The standard InChI is InChI=1S/C18H22FN3O3S/c1-22(2)13-14-4-3-5-16(12-14)21-18(23)10-11-20-26(24,25)17-8-6-15(19)7-9-17/h3-9,12,20H,10-11,13H2,1-2H3,(H,21,23). The van der Waals surface area contributed by atoms with Gasteiger partial charge in [-0.2, -0.15) is 0 Å². The van der Waals surface area contributed by atoms with Gasteiger partial charge in [0.15, 0.2) is 0 Å². The molecule has 26 heavy (non-hydrogen) atoms. The average Bonchev–Trinajstić information content (AvgIpc) is 2.54. The maximum atomic E-state index is 12.9. The highest BCUT2D eigenvalue weighted by atomic mass is 32.2. The van der Waals surface area contributed by atoms with Crippen LogP contribution in [-0.2, 0) is 21.4 Å². The van der Waals surface area contributed by atoms with E-state index in [4.69, 9.17) is 0 Å². The summed E-state index contributed by atoms with van der Waals surface area (Å²) in [4.78, 5) is 14.0. The van der Waals surface area contributed by atoms with Gasteiger partial charge in [-0.05, 0) is 56.1 Å². The van der Waals surface area contributed by atoms with Crippen LogP contribution in [0.25, 0.3) is 0 Å². The molecule has 0 spiro atoms. The number of hydrogen-bond acceptors (Lipinski definition) is 4. The minimum atomic E-state index is -3.77. The molecule has 0 bridgehead atoms. The Morgan fingerprint density at radius 3 is 2.46 bits per heavy atom. The fourth-order valence-electron chi connectivity index (χ4n) is 2.33. The summed E-state index contributed by atoms with van der Waals surface area (Å²) in [5, 5.41) is 2.75. The van der Waals surface area contributed by atoms with Gasteiger partial charge < -0.3 is 10.2 Å². The van der Waals surface area contributed by atoms with Crippen molar-refractivity contribution >= 4 is 21.6 Å². The zero-order valence-corrected chi connectivity index (χ0v) is 15.5. The van der Waals surface area contributed by atoms with Gasteiger partial charge in [0.1, 0.15) is 5.82 Å². The predicted molar refractivity (Wildman–Crippen MR) is 98.7 cm³/mol. The number of carbonyl (C=O) groups is 1. The fourth-order valence-corrected chi connectivity index (χ4v) is 3.36. The first-order valence-corrected chi connectivity index (χ1v) is 9.53. The Hall–Kier alpha value is -2.29. The van der Waals surface area contributed by atoms with Gasteiger partial charge in [-0.1, -0.05) is 12.1 Å². The third-order valence-corrected chi connectivity index (χ3v) is 4.95. The van der Waals surface area contributed by atoms with Gasteiger partial charge in [0.25, 0.3) is 0 Å². The summed E-state index contributed by atoms with van der Waals surface area (Å²) >= 11 is 0. The largest absolute Gasteiger partial charge is 0.326 e. The van der Waals surface area contributed by atoms with Crippen molar-refractivity contribution in [2.24, 2.45) is 0 Å². The van der Waals surface area contributed by atoms with Crippen LogP contribution >= 0.6 is 0 Å². The molecular weight excluding hydrogens is 357 g/mol. The van der Waals surface area contributed by atoms with Crippen LogP contribution < -0.4 is 10.0 Å². The van der Waals surface area contributed by atoms with Crippen LogP contribution in [0.3, 0.4) is 0 Å². The van der Waals surface area contributed by atoms with E-state index in [-0.39, 0.29) is 23.8 Å². The second-order valence-electron chi connectivity index (χ2n) is 6.09. The predicted octanol–water partition coefficient (Wildman–Crippen LogP) is 2.19. The molecule has 2 aromatic rings. The van der Waals surface area contributed by atoms with Crippen molar-refractivity contribution < 1.29 is 17.6 Å². The lowest BCUT2D eigenvalue weighted by atomic mass is 10.2. The van der Waals surface area contributed by atoms with E-state index in [9.17, 15) is 17.6 Å². The molecule has 0 aliphatic carbocycles. The first-order chi connectivity index (χ1) is 12.3. The maximum Gasteiger partial charge on any atom is 0.240 e. The Kier molecular flexibility index (Phi) is 6.84. The van der Waals surface area contributed by atoms with Crippen LogP contribution in [-0.4, -0.2) is 39.9 Å². The van der Waals surface area contributed by atoms with Crippen molar-refractivity contribution in [2.45, 2.75) is 17.9 Å². The number of carbonyl (C=O) groups excluding carboxylic acids is 1. The number of hydrogen-bond donors (Lipinski definition) is 2. The molecule has 2 aromatic carbocycles. The van der Waals surface area contributed by atoms with E-state index in [2.05, 4.69) is 10.0 Å². The number of nitrogens with zero attached hydrogens (tertiary/aromatic N) is 1. The molecule has 0 saturated heterocycles. The number of anilines is 1. The first-order valence-electron chi connectivity index (χ1n) is 8.05. The molecule has 1 amide bonds. The highest BCUT2D eigenvalue weighted by Gasteiger charge is 2.14. The minimum Gasteiger partial charge on any atom is -0.326 e. The number of amides is 1. The quantitative estimate of drug-likeness (QED) is 0.737. The molecule has 2 N–H and O–H groups in total. The van der Waals surface area contributed by atoms with E-state index >= 15 is 0 Å². The molecule has 0 aliphatic rings. The highest BCUT2D eigenvalue weighted by Crippen LogP contribution is 2.12. The van der Waals surface area contributed by atoms with E-state index in [1.165, 1.54) is 12.1 Å². The monoisotopic (exact) mass is 379 g/mol. The van der Waals surface area contributed by atoms with Gasteiger partial charge in [-0.3, -0.25) is 4.79 Å². The average molecular weight is 379 g/mol. The second-order valence-corrected chi connectivity index (χ2v) is 7.85. The van der Waals surface area contributed by atoms with E-state index in [0.717, 1.165) is 24.2 Å². The van der Waals surface area contributed by atoms with Crippen LogP contribution in [0.4, 0.5) is 10.1 Å². The zero-order valence-electron chi connectivity index (χ0n) is 14.7. The van der Waals surface area contributed by atoms with E-state index < -0.39 is 15.8 Å². The Morgan fingerprint density at radius 1 is 1.12 bits per heavy atom. The molecule has 0 heterocycles. The van der Waals surface area contributed by atoms with Gasteiger partial charge in [-0.15, -0.1) is 0 Å². The Balaban J connectivity index is 1.86. The smallest absolute Gasteiger partial charge is 0.240 e. The van der Waals surface area contributed by atoms with Crippen LogP contribution in [0.5, 0.6) is 0 Å². The number of nitrogens with one attached hydrogen (secondary N) is 2. The molecular formula is C18H22FN3O3S. The SMILES string of the molecule is CN(C)Cc1cccc(NC(=O)CCNS(=O)(=O)c2ccc(F)cc2)c1. The third-order valence-electron chi connectivity index (χ3n) is 3.48. The number of halogens is 1. The van der Waals surface area contributed by atoms with Crippen LogP contribution in [0.2, 0.25) is 0 Å². The maximum absolute atomic E-state index is 12.9. The first kappa shape index (κ1) is 20.0. The van der Waals surface area contributed by atoms with Crippen molar-refractivity contribution in [2.75, 3.05) is 26.0 Å². The molecule has 6 nitrogen and oxygen atoms in total. The number of rotatable bonds is 8. The van der Waals surface area contributed by atoms with E-state index in [1.807, 2.05) is 37.2 Å². The van der Waals surface area contributed by atoms with Gasteiger partial charge in [-0.25, -0.2) is 17.5 Å². The lowest BCUT2D eigenvalue weighted by Gasteiger charge is -2.11. The van der Waals surface area contributed by atoms with Gasteiger partial charge in [0.2, 0.25) is 15.9 Å². The molecule has 0 fully saturated rings. The third kappa shape index (κ3) is 6.21. The lowest BCUT2D eigenvalue weighted by molar-refractivity contribution is -0.116. The number of sulfonamides is 1. The molecule has 0 aliphatic heterocycles.